The van der Waals surface area contributed by atoms with Gasteiger partial charge < -0.3 is 15.0 Å². The highest BCUT2D eigenvalue weighted by molar-refractivity contribution is 6.35. The molecule has 0 bridgehead atoms. The predicted octanol–water partition coefficient (Wildman–Crippen LogP) is 4.57. The molecule has 1 N–H and O–H groups in total. The van der Waals surface area contributed by atoms with E-state index in [4.69, 9.17) is 27.9 Å². The van der Waals surface area contributed by atoms with Crippen molar-refractivity contribution in [3.05, 3.63) is 64.1 Å². The second-order valence-electron chi connectivity index (χ2n) is 7.02. The molecule has 2 amide bonds. The van der Waals surface area contributed by atoms with Gasteiger partial charge in [0.25, 0.3) is 5.91 Å². The number of nitrogens with zero attached hydrogens (tertiary/aromatic N) is 1. The number of hydrogen-bond donors (Lipinski definition) is 1. The van der Waals surface area contributed by atoms with Gasteiger partial charge in [-0.2, -0.15) is 0 Å². The van der Waals surface area contributed by atoms with E-state index in [-0.39, 0.29) is 17.9 Å². The Kier molecular flexibility index (Phi) is 7.78. The highest BCUT2D eigenvalue weighted by Crippen LogP contribution is 2.27. The number of likely N-dealkylation sites (tertiary alicyclic amines) is 1. The van der Waals surface area contributed by atoms with Gasteiger partial charge in [0.05, 0.1) is 11.6 Å². The minimum Gasteiger partial charge on any atom is -0.492 e. The van der Waals surface area contributed by atoms with Crippen LogP contribution in [-0.4, -0.2) is 42.5 Å². The molecule has 3 rings (SSSR count). The third-order valence-electron chi connectivity index (χ3n) is 4.91. The Morgan fingerprint density at radius 2 is 1.79 bits per heavy atom. The number of piperidine rings is 1. The van der Waals surface area contributed by atoms with Gasteiger partial charge in [0.15, 0.2) is 0 Å². The van der Waals surface area contributed by atoms with Crippen molar-refractivity contribution >= 4 is 35.0 Å². The summed E-state index contributed by atoms with van der Waals surface area (Å²) in [6.45, 7) is 1.72. The smallest absolute Gasteiger partial charge is 0.251 e. The Hall–Kier alpha value is -2.24. The van der Waals surface area contributed by atoms with Crippen LogP contribution < -0.4 is 10.1 Å². The molecule has 0 spiro atoms. The molecule has 0 aromatic heterocycles. The average Bonchev–Trinajstić information content (AvgIpc) is 2.73. The molecular formula is C22H24Cl2N2O3. The molecule has 1 aliphatic heterocycles. The van der Waals surface area contributed by atoms with Crippen molar-refractivity contribution in [3.8, 4) is 5.75 Å². The Morgan fingerprint density at radius 3 is 2.48 bits per heavy atom. The van der Waals surface area contributed by atoms with E-state index < -0.39 is 0 Å². The molecule has 1 saturated heterocycles. The van der Waals surface area contributed by atoms with Gasteiger partial charge >= 0.3 is 0 Å². The summed E-state index contributed by atoms with van der Waals surface area (Å²) in [6, 6.07) is 14.3. The predicted molar refractivity (Wildman–Crippen MR) is 115 cm³/mol. The fourth-order valence-corrected chi connectivity index (χ4v) is 3.75. The second kappa shape index (κ2) is 10.5. The van der Waals surface area contributed by atoms with Crippen molar-refractivity contribution in [1.29, 1.82) is 0 Å². The maximum Gasteiger partial charge on any atom is 0.251 e. The molecule has 0 atom stereocenters. The van der Waals surface area contributed by atoms with Crippen LogP contribution in [0.15, 0.2) is 48.5 Å². The zero-order chi connectivity index (χ0) is 20.6. The van der Waals surface area contributed by atoms with Crippen molar-refractivity contribution in [2.75, 3.05) is 19.7 Å². The third kappa shape index (κ3) is 6.38. The van der Waals surface area contributed by atoms with Gasteiger partial charge in [-0.25, -0.2) is 0 Å². The van der Waals surface area contributed by atoms with Crippen LogP contribution in [0.5, 0.6) is 5.75 Å². The lowest BCUT2D eigenvalue weighted by molar-refractivity contribution is -0.132. The van der Waals surface area contributed by atoms with Crippen LogP contribution in [0.4, 0.5) is 0 Å². The molecule has 0 aliphatic carbocycles. The summed E-state index contributed by atoms with van der Waals surface area (Å²) in [5.74, 6) is 0.621. The lowest BCUT2D eigenvalue weighted by atomic mass is 10.0. The van der Waals surface area contributed by atoms with Gasteiger partial charge in [-0.15, -0.1) is 0 Å². The minimum absolute atomic E-state index is 0.0617. The van der Waals surface area contributed by atoms with Crippen molar-refractivity contribution in [2.45, 2.75) is 31.7 Å². The molecule has 1 fully saturated rings. The van der Waals surface area contributed by atoms with E-state index in [9.17, 15) is 9.59 Å². The SMILES string of the molecule is O=C(NC1CCN(C(=O)CCCOc2ccc(Cl)cc2Cl)CC1)c1ccccc1. The molecule has 1 heterocycles. The fraction of sp³-hybridized carbons (Fsp3) is 0.364. The number of nitrogens with one attached hydrogen (secondary N) is 1. The molecule has 0 saturated carbocycles. The van der Waals surface area contributed by atoms with Gasteiger partial charge in [-0.05, 0) is 49.6 Å². The topological polar surface area (TPSA) is 58.6 Å². The van der Waals surface area contributed by atoms with Gasteiger partial charge in [0.1, 0.15) is 5.75 Å². The highest BCUT2D eigenvalue weighted by Gasteiger charge is 2.23. The van der Waals surface area contributed by atoms with E-state index in [1.165, 1.54) is 0 Å². The van der Waals surface area contributed by atoms with Crippen LogP contribution in [0, 0.1) is 0 Å². The maximum atomic E-state index is 12.4. The summed E-state index contributed by atoms with van der Waals surface area (Å²) in [7, 11) is 0. The lowest BCUT2D eigenvalue weighted by Gasteiger charge is -2.32. The Bertz CT molecular complexity index is 837. The number of ether oxygens (including phenoxy) is 1. The van der Waals surface area contributed by atoms with Gasteiger partial charge in [0, 0.05) is 36.1 Å². The van der Waals surface area contributed by atoms with Crippen LogP contribution in [0.3, 0.4) is 0 Å². The molecule has 0 unspecified atom stereocenters. The second-order valence-corrected chi connectivity index (χ2v) is 7.86. The molecule has 2 aromatic rings. The molecule has 7 heteroatoms. The van der Waals surface area contributed by atoms with Crippen molar-refractivity contribution < 1.29 is 14.3 Å². The fourth-order valence-electron chi connectivity index (χ4n) is 3.29. The molecule has 0 radical (unpaired) electrons. The molecule has 154 valence electrons. The van der Waals surface area contributed by atoms with Crippen molar-refractivity contribution in [3.63, 3.8) is 0 Å². The summed E-state index contributed by atoms with van der Waals surface area (Å²) < 4.78 is 5.62. The standard InChI is InChI=1S/C22H24Cl2N2O3/c23-17-8-9-20(19(24)15-17)29-14-4-7-21(27)26-12-10-18(11-13-26)25-22(28)16-5-2-1-3-6-16/h1-3,5-6,8-9,15,18H,4,7,10-14H2,(H,25,28). The monoisotopic (exact) mass is 434 g/mol. The minimum atomic E-state index is -0.0617. The summed E-state index contributed by atoms with van der Waals surface area (Å²) in [5, 5.41) is 4.07. The number of rotatable bonds is 7. The number of hydrogen-bond acceptors (Lipinski definition) is 3. The number of carbonyl (C=O) groups is 2. The summed E-state index contributed by atoms with van der Waals surface area (Å²) in [6.07, 6.45) is 2.57. The average molecular weight is 435 g/mol. The van der Waals surface area contributed by atoms with E-state index in [1.54, 1.807) is 30.3 Å². The molecule has 29 heavy (non-hydrogen) atoms. The highest BCUT2D eigenvalue weighted by atomic mass is 35.5. The quantitative estimate of drug-likeness (QED) is 0.648. The summed E-state index contributed by atoms with van der Waals surface area (Å²) in [4.78, 5) is 26.5. The zero-order valence-electron chi connectivity index (χ0n) is 16.1. The molecular weight excluding hydrogens is 411 g/mol. The number of benzene rings is 2. The Labute approximate surface area is 180 Å². The van der Waals surface area contributed by atoms with E-state index in [0.29, 0.717) is 53.9 Å². The Balaban J connectivity index is 1.35. The van der Waals surface area contributed by atoms with Crippen LogP contribution in [0.2, 0.25) is 10.0 Å². The van der Waals surface area contributed by atoms with Crippen LogP contribution in [0.1, 0.15) is 36.0 Å². The van der Waals surface area contributed by atoms with Crippen molar-refractivity contribution in [2.24, 2.45) is 0 Å². The third-order valence-corrected chi connectivity index (χ3v) is 5.44. The zero-order valence-corrected chi connectivity index (χ0v) is 17.6. The Morgan fingerprint density at radius 1 is 1.07 bits per heavy atom. The largest absolute Gasteiger partial charge is 0.492 e. The van der Waals surface area contributed by atoms with Crippen LogP contribution >= 0.6 is 23.2 Å². The first-order valence-electron chi connectivity index (χ1n) is 9.74. The van der Waals surface area contributed by atoms with Crippen molar-refractivity contribution in [1.82, 2.24) is 10.2 Å². The van der Waals surface area contributed by atoms with E-state index in [0.717, 1.165) is 12.8 Å². The molecule has 5 nitrogen and oxygen atoms in total. The first-order chi connectivity index (χ1) is 14.0. The summed E-state index contributed by atoms with van der Waals surface area (Å²) >= 11 is 11.9. The first-order valence-corrected chi connectivity index (χ1v) is 10.5. The molecule has 2 aromatic carbocycles. The van der Waals surface area contributed by atoms with E-state index in [2.05, 4.69) is 5.32 Å². The van der Waals surface area contributed by atoms with Gasteiger partial charge in [-0.3, -0.25) is 9.59 Å². The lowest BCUT2D eigenvalue weighted by Crippen LogP contribution is -2.46. The maximum absolute atomic E-state index is 12.4. The number of amides is 2. The summed E-state index contributed by atoms with van der Waals surface area (Å²) in [5.41, 5.74) is 0.659. The number of carbonyl (C=O) groups excluding carboxylic acids is 2. The van der Waals surface area contributed by atoms with E-state index in [1.807, 2.05) is 23.1 Å². The number of halogens is 2. The molecule has 1 aliphatic rings. The first kappa shape index (κ1) is 21.5. The van der Waals surface area contributed by atoms with Crippen LogP contribution in [-0.2, 0) is 4.79 Å². The van der Waals surface area contributed by atoms with Crippen LogP contribution in [0.25, 0.3) is 0 Å². The van der Waals surface area contributed by atoms with E-state index >= 15 is 0 Å². The van der Waals surface area contributed by atoms with Gasteiger partial charge in [-0.1, -0.05) is 41.4 Å². The normalized spacial score (nSPS) is 14.5. The van der Waals surface area contributed by atoms with Gasteiger partial charge in [0.2, 0.25) is 5.91 Å².